The lowest BCUT2D eigenvalue weighted by Crippen LogP contribution is -2.01. The van der Waals surface area contributed by atoms with Crippen LogP contribution in [0.25, 0.3) is 0 Å². The number of allylic oxidation sites excluding steroid dienone is 2. The van der Waals surface area contributed by atoms with Gasteiger partial charge in [0.2, 0.25) is 0 Å². The molecule has 0 rings (SSSR count). The first-order valence-electron chi connectivity index (χ1n) is 4.61. The van der Waals surface area contributed by atoms with Crippen LogP contribution in [0.15, 0.2) is 12.2 Å². The molecule has 0 amide bonds. The Kier molecular flexibility index (Phi) is 4.87. The van der Waals surface area contributed by atoms with Gasteiger partial charge in [-0.3, -0.25) is 0 Å². The summed E-state index contributed by atoms with van der Waals surface area (Å²) in [6.45, 7) is 8.56. The van der Waals surface area contributed by atoms with Crippen molar-refractivity contribution in [3.05, 3.63) is 12.2 Å². The monoisotopic (exact) mass is 167 g/mol. The second-order valence-electron chi connectivity index (χ2n) is 4.56. The highest BCUT2D eigenvalue weighted by Crippen LogP contribution is 2.18. The van der Waals surface area contributed by atoms with Crippen LogP contribution >= 0.6 is 0 Å². The molecule has 0 aliphatic heterocycles. The van der Waals surface area contributed by atoms with Crippen LogP contribution in [0.5, 0.6) is 0 Å². The van der Waals surface area contributed by atoms with Crippen LogP contribution in [-0.2, 0) is 0 Å². The first-order valence-corrected chi connectivity index (χ1v) is 4.61. The normalized spacial score (nSPS) is 12.3. The minimum atomic E-state index is 0.399. The lowest BCUT2D eigenvalue weighted by Gasteiger charge is -2.14. The summed E-state index contributed by atoms with van der Waals surface area (Å²) in [5.74, 6) is 0. The topological polar surface area (TPSA) is 23.9 Å². The molecule has 1 heteroatoms. The Bertz CT molecular complexity index is 160. The van der Waals surface area contributed by atoms with Gasteiger partial charge in [0.15, 0.2) is 0 Å². The summed E-state index contributed by atoms with van der Waals surface area (Å²) in [6.07, 6.45) is 7.46. The molecule has 1 N–H and O–H groups in total. The fourth-order valence-corrected chi connectivity index (χ4v) is 0.855. The van der Waals surface area contributed by atoms with E-state index in [-0.39, 0.29) is 0 Å². The molecule has 12 heavy (non-hydrogen) atoms. The molecule has 0 spiro atoms. The second kappa shape index (κ2) is 5.13. The summed E-state index contributed by atoms with van der Waals surface area (Å²) in [5.41, 5.74) is 1.17. The van der Waals surface area contributed by atoms with Gasteiger partial charge in [-0.15, -0.1) is 0 Å². The van der Waals surface area contributed by atoms with Crippen LogP contribution in [0, 0.1) is 10.8 Å². The standard InChI is InChI=1S/C11H21N/c1-10(12)8-6-5-7-9-11(2,3)4/h5,7,12H,6,8-9H2,1-4H3/b7-5-,12-10?. The number of rotatable bonds is 4. The molecule has 0 atom stereocenters. The number of hydrogen-bond donors (Lipinski definition) is 1. The minimum Gasteiger partial charge on any atom is -0.310 e. The van der Waals surface area contributed by atoms with E-state index in [1.54, 1.807) is 0 Å². The maximum atomic E-state index is 7.22. The predicted octanol–water partition coefficient (Wildman–Crippen LogP) is 3.80. The molecule has 0 aromatic carbocycles. The highest BCUT2D eigenvalue weighted by molar-refractivity contribution is 5.78. The van der Waals surface area contributed by atoms with Gasteiger partial charge in [-0.2, -0.15) is 0 Å². The third-order valence-corrected chi connectivity index (χ3v) is 1.58. The van der Waals surface area contributed by atoms with Gasteiger partial charge in [-0.1, -0.05) is 32.9 Å². The average molecular weight is 167 g/mol. The molecule has 0 aliphatic carbocycles. The Balaban J connectivity index is 3.45. The summed E-state index contributed by atoms with van der Waals surface area (Å²) in [7, 11) is 0. The Morgan fingerprint density at radius 2 is 1.83 bits per heavy atom. The van der Waals surface area contributed by atoms with E-state index in [4.69, 9.17) is 5.41 Å². The van der Waals surface area contributed by atoms with Crippen molar-refractivity contribution in [3.8, 4) is 0 Å². The Hall–Kier alpha value is -0.590. The lowest BCUT2D eigenvalue weighted by atomic mass is 9.92. The predicted molar refractivity (Wildman–Crippen MR) is 55.8 cm³/mol. The van der Waals surface area contributed by atoms with E-state index < -0.39 is 0 Å². The van der Waals surface area contributed by atoms with E-state index in [2.05, 4.69) is 32.9 Å². The molecule has 0 aromatic rings. The smallest absolute Gasteiger partial charge is 0.00613 e. The molecule has 0 unspecified atom stereocenters. The van der Waals surface area contributed by atoms with Crippen molar-refractivity contribution >= 4 is 5.71 Å². The first-order chi connectivity index (χ1) is 5.42. The van der Waals surface area contributed by atoms with Gasteiger partial charge in [0.05, 0.1) is 0 Å². The van der Waals surface area contributed by atoms with Crippen molar-refractivity contribution in [2.45, 2.75) is 47.0 Å². The number of nitrogens with one attached hydrogen (secondary N) is 1. The molecule has 0 radical (unpaired) electrons. The SMILES string of the molecule is CC(=N)CC/C=C\CC(C)(C)C. The third-order valence-electron chi connectivity index (χ3n) is 1.58. The van der Waals surface area contributed by atoms with Crippen molar-refractivity contribution in [1.82, 2.24) is 0 Å². The molecular formula is C11H21N. The number of hydrogen-bond acceptors (Lipinski definition) is 1. The van der Waals surface area contributed by atoms with E-state index in [1.807, 2.05) is 6.92 Å². The molecule has 0 fully saturated rings. The van der Waals surface area contributed by atoms with Crippen molar-refractivity contribution in [2.24, 2.45) is 5.41 Å². The highest BCUT2D eigenvalue weighted by atomic mass is 14.4. The van der Waals surface area contributed by atoms with E-state index in [9.17, 15) is 0 Å². The van der Waals surface area contributed by atoms with E-state index in [0.717, 1.165) is 25.0 Å². The van der Waals surface area contributed by atoms with Gasteiger partial charge in [0.25, 0.3) is 0 Å². The van der Waals surface area contributed by atoms with Crippen LogP contribution in [0.1, 0.15) is 47.0 Å². The van der Waals surface area contributed by atoms with Gasteiger partial charge in [-0.25, -0.2) is 0 Å². The highest BCUT2D eigenvalue weighted by Gasteiger charge is 2.05. The average Bonchev–Trinajstić information content (AvgIpc) is 1.83. The van der Waals surface area contributed by atoms with Gasteiger partial charge < -0.3 is 5.41 Å². The second-order valence-corrected chi connectivity index (χ2v) is 4.56. The molecule has 0 aromatic heterocycles. The lowest BCUT2D eigenvalue weighted by molar-refractivity contribution is 0.420. The molecule has 0 saturated carbocycles. The fraction of sp³-hybridized carbons (Fsp3) is 0.727. The zero-order chi connectivity index (χ0) is 9.61. The van der Waals surface area contributed by atoms with Gasteiger partial charge in [0, 0.05) is 5.71 Å². The molecule has 0 bridgehead atoms. The maximum absolute atomic E-state index is 7.22. The molecule has 0 aliphatic rings. The largest absolute Gasteiger partial charge is 0.310 e. The van der Waals surface area contributed by atoms with E-state index >= 15 is 0 Å². The summed E-state index contributed by atoms with van der Waals surface area (Å²) in [5, 5.41) is 7.22. The zero-order valence-electron chi connectivity index (χ0n) is 8.78. The summed E-state index contributed by atoms with van der Waals surface area (Å²) >= 11 is 0. The first kappa shape index (κ1) is 11.4. The Morgan fingerprint density at radius 1 is 1.25 bits per heavy atom. The van der Waals surface area contributed by atoms with Crippen LogP contribution in [0.4, 0.5) is 0 Å². The molecule has 1 nitrogen and oxygen atoms in total. The zero-order valence-corrected chi connectivity index (χ0v) is 8.78. The molecule has 0 heterocycles. The quantitative estimate of drug-likeness (QED) is 0.486. The minimum absolute atomic E-state index is 0.399. The summed E-state index contributed by atoms with van der Waals surface area (Å²) < 4.78 is 0. The van der Waals surface area contributed by atoms with Crippen LogP contribution in [-0.4, -0.2) is 5.71 Å². The molecule has 0 saturated heterocycles. The van der Waals surface area contributed by atoms with Gasteiger partial charge in [0.1, 0.15) is 0 Å². The Morgan fingerprint density at radius 3 is 2.25 bits per heavy atom. The van der Waals surface area contributed by atoms with E-state index in [0.29, 0.717) is 5.41 Å². The Labute approximate surface area is 76.4 Å². The molecule has 70 valence electrons. The van der Waals surface area contributed by atoms with Crippen LogP contribution in [0.2, 0.25) is 0 Å². The van der Waals surface area contributed by atoms with Crippen molar-refractivity contribution in [1.29, 1.82) is 5.41 Å². The van der Waals surface area contributed by atoms with Crippen LogP contribution < -0.4 is 0 Å². The summed E-state index contributed by atoms with van der Waals surface area (Å²) in [6, 6.07) is 0. The summed E-state index contributed by atoms with van der Waals surface area (Å²) in [4.78, 5) is 0. The van der Waals surface area contributed by atoms with E-state index in [1.165, 1.54) is 0 Å². The van der Waals surface area contributed by atoms with Crippen molar-refractivity contribution in [3.63, 3.8) is 0 Å². The van der Waals surface area contributed by atoms with Gasteiger partial charge >= 0.3 is 0 Å². The molecular weight excluding hydrogens is 146 g/mol. The van der Waals surface area contributed by atoms with Crippen molar-refractivity contribution < 1.29 is 0 Å². The third kappa shape index (κ3) is 9.41. The van der Waals surface area contributed by atoms with Crippen LogP contribution in [0.3, 0.4) is 0 Å². The fourth-order valence-electron chi connectivity index (χ4n) is 0.855. The van der Waals surface area contributed by atoms with Gasteiger partial charge in [-0.05, 0) is 31.6 Å². The van der Waals surface area contributed by atoms with Crippen molar-refractivity contribution in [2.75, 3.05) is 0 Å². The maximum Gasteiger partial charge on any atom is 0.00613 e.